The lowest BCUT2D eigenvalue weighted by atomic mass is 10.2. The predicted molar refractivity (Wildman–Crippen MR) is 68.4 cm³/mol. The topological polar surface area (TPSA) is 65.2 Å². The quantitative estimate of drug-likeness (QED) is 0.529. The van der Waals surface area contributed by atoms with Crippen LogP contribution in [-0.2, 0) is 4.79 Å². The highest BCUT2D eigenvalue weighted by Gasteiger charge is 2.26. The van der Waals surface area contributed by atoms with Crippen LogP contribution in [0.1, 0.15) is 6.42 Å². The molecule has 0 aliphatic rings. The molecule has 1 amide bonds. The number of rotatable bonds is 6. The minimum Gasteiger partial charge on any atom is -0.326 e. The van der Waals surface area contributed by atoms with Crippen molar-refractivity contribution in [3.05, 3.63) is 30.3 Å². The second-order valence-corrected chi connectivity index (χ2v) is 3.67. The zero-order valence-corrected chi connectivity index (χ0v) is 10.4. The van der Waals surface area contributed by atoms with Crippen LogP contribution in [0.25, 0.3) is 0 Å². The Balaban J connectivity index is 2.60. The van der Waals surface area contributed by atoms with Gasteiger partial charge in [0.2, 0.25) is 5.91 Å². The second-order valence-electron chi connectivity index (χ2n) is 3.67. The van der Waals surface area contributed by atoms with Crippen molar-refractivity contribution in [2.45, 2.75) is 12.2 Å². The Morgan fingerprint density at radius 2 is 1.71 bits per heavy atom. The molecule has 0 bridgehead atoms. The Kier molecular flexibility index (Phi) is 5.09. The summed E-state index contributed by atoms with van der Waals surface area (Å²) in [5.41, 5.74) is 0.769. The fourth-order valence-corrected chi connectivity index (χ4v) is 1.56. The fourth-order valence-electron chi connectivity index (χ4n) is 1.56. The predicted octanol–water partition coefficient (Wildman–Crippen LogP) is 0.127. The van der Waals surface area contributed by atoms with Crippen LogP contribution < -0.4 is 21.3 Å². The van der Waals surface area contributed by atoms with Crippen LogP contribution in [0, 0.1) is 6.07 Å². The summed E-state index contributed by atoms with van der Waals surface area (Å²) in [6, 6.07) is 10.0. The highest BCUT2D eigenvalue weighted by Crippen LogP contribution is 2.07. The molecule has 1 aromatic rings. The second kappa shape index (κ2) is 6.34. The zero-order chi connectivity index (χ0) is 12.7. The highest BCUT2D eigenvalue weighted by atomic mass is 16.1. The maximum Gasteiger partial charge on any atom is 0.229 e. The molecule has 93 valence electrons. The van der Waals surface area contributed by atoms with Crippen molar-refractivity contribution in [2.24, 2.45) is 0 Å². The van der Waals surface area contributed by atoms with E-state index in [0.29, 0.717) is 0 Å². The number of carbonyl (C=O) groups excluding carboxylic acids is 1. The van der Waals surface area contributed by atoms with Gasteiger partial charge in [0.25, 0.3) is 0 Å². The van der Waals surface area contributed by atoms with Gasteiger partial charge in [0, 0.05) is 5.69 Å². The van der Waals surface area contributed by atoms with Gasteiger partial charge in [-0.25, -0.2) is 0 Å². The largest absolute Gasteiger partial charge is 0.326 e. The lowest BCUT2D eigenvalue weighted by molar-refractivity contribution is -0.118. The number of hydrogen-bond acceptors (Lipinski definition) is 4. The molecular weight excluding hydrogens is 216 g/mol. The summed E-state index contributed by atoms with van der Waals surface area (Å²) in [6.45, 7) is 0. The van der Waals surface area contributed by atoms with Crippen molar-refractivity contribution in [1.29, 1.82) is 0 Å². The van der Waals surface area contributed by atoms with Gasteiger partial charge in [0.05, 0.1) is 6.42 Å². The number of amides is 1. The Bertz CT molecular complexity index is 341. The van der Waals surface area contributed by atoms with E-state index >= 15 is 0 Å². The van der Waals surface area contributed by atoms with Gasteiger partial charge in [-0.3, -0.25) is 20.7 Å². The Morgan fingerprint density at radius 3 is 2.18 bits per heavy atom. The van der Waals surface area contributed by atoms with Crippen molar-refractivity contribution in [2.75, 3.05) is 26.5 Å². The summed E-state index contributed by atoms with van der Waals surface area (Å²) in [6.07, 6.45) is 0.273. The van der Waals surface area contributed by atoms with Gasteiger partial charge in [-0.2, -0.15) is 0 Å². The molecular formula is C12H19N4O. The van der Waals surface area contributed by atoms with Crippen LogP contribution in [0.3, 0.4) is 0 Å². The molecule has 5 heteroatoms. The van der Waals surface area contributed by atoms with Crippen LogP contribution >= 0.6 is 0 Å². The molecule has 1 rings (SSSR count). The third-order valence-electron chi connectivity index (χ3n) is 2.71. The van der Waals surface area contributed by atoms with Gasteiger partial charge in [-0.1, -0.05) is 12.1 Å². The van der Waals surface area contributed by atoms with Crippen molar-refractivity contribution in [3.8, 4) is 0 Å². The summed E-state index contributed by atoms with van der Waals surface area (Å²) in [5, 5.41) is 11.9. The molecule has 0 saturated heterocycles. The third-order valence-corrected chi connectivity index (χ3v) is 2.71. The highest BCUT2D eigenvalue weighted by molar-refractivity contribution is 5.91. The van der Waals surface area contributed by atoms with Crippen molar-refractivity contribution in [3.63, 3.8) is 0 Å². The molecule has 0 heterocycles. The lowest BCUT2D eigenvalue weighted by Gasteiger charge is -2.32. The van der Waals surface area contributed by atoms with Crippen molar-refractivity contribution >= 4 is 11.6 Å². The summed E-state index contributed by atoms with van der Waals surface area (Å²) in [5.74, 6) is -0.667. The molecule has 1 aromatic carbocycles. The van der Waals surface area contributed by atoms with E-state index in [4.69, 9.17) is 0 Å². The van der Waals surface area contributed by atoms with E-state index in [-0.39, 0.29) is 12.3 Å². The number of anilines is 1. The average Bonchev–Trinajstić information content (AvgIpc) is 2.37. The Labute approximate surface area is 102 Å². The van der Waals surface area contributed by atoms with Gasteiger partial charge >= 0.3 is 0 Å². The first-order valence-corrected chi connectivity index (χ1v) is 5.48. The molecule has 0 aliphatic carbocycles. The Hall–Kier alpha value is -1.43. The number of hydrogen-bond donors (Lipinski definition) is 4. The molecule has 0 atom stereocenters. The van der Waals surface area contributed by atoms with E-state index in [1.165, 1.54) is 0 Å². The van der Waals surface area contributed by atoms with E-state index in [1.807, 2.05) is 0 Å². The molecule has 0 saturated carbocycles. The molecule has 0 aromatic heterocycles. The zero-order valence-electron chi connectivity index (χ0n) is 10.4. The van der Waals surface area contributed by atoms with Crippen LogP contribution in [0.15, 0.2) is 24.3 Å². The summed E-state index contributed by atoms with van der Waals surface area (Å²) in [4.78, 5) is 11.9. The molecule has 17 heavy (non-hydrogen) atoms. The standard InChI is InChI=1S/C12H19N4O/c1-13-12(14-2,15-3)9-11(17)16-10-7-5-4-6-8-10/h5-8,13-15H,9H2,1-3H3,(H,16,17). The first kappa shape index (κ1) is 13.6. The van der Waals surface area contributed by atoms with Crippen LogP contribution in [0.5, 0.6) is 0 Å². The molecule has 0 aliphatic heterocycles. The molecule has 0 unspecified atom stereocenters. The van der Waals surface area contributed by atoms with Gasteiger partial charge < -0.3 is 5.32 Å². The summed E-state index contributed by atoms with van der Waals surface area (Å²) in [7, 11) is 5.37. The van der Waals surface area contributed by atoms with Crippen LogP contribution in [0.4, 0.5) is 5.69 Å². The van der Waals surface area contributed by atoms with E-state index in [9.17, 15) is 4.79 Å². The van der Waals surface area contributed by atoms with Gasteiger partial charge in [-0.15, -0.1) is 0 Å². The fraction of sp³-hybridized carbons (Fsp3) is 0.417. The van der Waals surface area contributed by atoms with Gasteiger partial charge in [0.15, 0.2) is 0 Å². The van der Waals surface area contributed by atoms with E-state index in [1.54, 1.807) is 45.4 Å². The van der Waals surface area contributed by atoms with Gasteiger partial charge in [0.1, 0.15) is 5.79 Å². The van der Waals surface area contributed by atoms with E-state index in [0.717, 1.165) is 5.69 Å². The monoisotopic (exact) mass is 235 g/mol. The maximum absolute atomic E-state index is 11.9. The molecule has 5 nitrogen and oxygen atoms in total. The molecule has 4 N–H and O–H groups in total. The number of nitrogens with one attached hydrogen (secondary N) is 4. The molecule has 0 spiro atoms. The van der Waals surface area contributed by atoms with Crippen molar-refractivity contribution in [1.82, 2.24) is 16.0 Å². The van der Waals surface area contributed by atoms with Crippen LogP contribution in [0.2, 0.25) is 0 Å². The SMILES string of the molecule is CNC(CC(=O)Nc1cc[c]cc1)(NC)NC. The Morgan fingerprint density at radius 1 is 1.18 bits per heavy atom. The molecule has 1 radical (unpaired) electrons. The van der Waals surface area contributed by atoms with Crippen LogP contribution in [-0.4, -0.2) is 32.8 Å². The first-order chi connectivity index (χ1) is 8.15. The summed E-state index contributed by atoms with van der Waals surface area (Å²) >= 11 is 0. The minimum absolute atomic E-state index is 0.0748. The number of benzene rings is 1. The normalized spacial score (nSPS) is 11.2. The minimum atomic E-state index is -0.592. The third kappa shape index (κ3) is 3.81. The summed E-state index contributed by atoms with van der Waals surface area (Å²) < 4.78 is 0. The molecule has 0 fully saturated rings. The first-order valence-electron chi connectivity index (χ1n) is 5.48. The lowest BCUT2D eigenvalue weighted by Crippen LogP contribution is -2.64. The van der Waals surface area contributed by atoms with E-state index in [2.05, 4.69) is 27.3 Å². The van der Waals surface area contributed by atoms with Crippen molar-refractivity contribution < 1.29 is 4.79 Å². The van der Waals surface area contributed by atoms with E-state index < -0.39 is 5.79 Å². The smallest absolute Gasteiger partial charge is 0.229 e. The average molecular weight is 235 g/mol. The maximum atomic E-state index is 11.9. The number of carbonyl (C=O) groups is 1. The van der Waals surface area contributed by atoms with Gasteiger partial charge in [-0.05, 0) is 39.3 Å².